The molecule has 0 heterocycles. The zero-order valence-electron chi connectivity index (χ0n) is 10.8. The molecular weight excluding hydrogens is 230 g/mol. The molecule has 0 fully saturated rings. The van der Waals surface area contributed by atoms with Gasteiger partial charge in [-0.25, -0.2) is 0 Å². The lowest BCUT2D eigenvalue weighted by atomic mass is 10.2. The summed E-state index contributed by atoms with van der Waals surface area (Å²) in [4.78, 5) is 0. The molecule has 0 bridgehead atoms. The summed E-state index contributed by atoms with van der Waals surface area (Å²) < 4.78 is 5.13. The topological polar surface area (TPSA) is 21.3 Å². The zero-order chi connectivity index (χ0) is 12.0. The molecule has 4 heteroatoms. The Morgan fingerprint density at radius 1 is 1.25 bits per heavy atom. The Kier molecular flexibility index (Phi) is 5.41. The van der Waals surface area contributed by atoms with Crippen molar-refractivity contribution >= 4 is 16.6 Å². The smallest absolute Gasteiger partial charge is 0.0963 e. The van der Waals surface area contributed by atoms with Gasteiger partial charge < -0.3 is 4.74 Å². The second-order valence-corrected chi connectivity index (χ2v) is 19.3. The first-order chi connectivity index (χ1) is 7.53. The summed E-state index contributed by atoms with van der Waals surface area (Å²) in [7, 11) is 0.702. The maximum Gasteiger partial charge on any atom is 0.0963 e. The van der Waals surface area contributed by atoms with Gasteiger partial charge >= 0.3 is 0 Å². The average Bonchev–Trinajstić information content (AvgIpc) is 2.24. The molecule has 0 aliphatic rings. The first-order valence-electron chi connectivity index (χ1n) is 5.80. The summed E-state index contributed by atoms with van der Waals surface area (Å²) in [6.07, 6.45) is 0. The first kappa shape index (κ1) is 13.6. The molecule has 0 aliphatic heterocycles. The summed E-state index contributed by atoms with van der Waals surface area (Å²) in [5.41, 5.74) is 1.99. The van der Waals surface area contributed by atoms with Crippen molar-refractivity contribution < 1.29 is 4.74 Å². The van der Waals surface area contributed by atoms with E-state index in [4.69, 9.17) is 4.74 Å². The van der Waals surface area contributed by atoms with E-state index in [1.54, 1.807) is 7.11 Å². The Hall–Kier alpha value is -0.426. The van der Waals surface area contributed by atoms with Crippen molar-refractivity contribution in [2.24, 2.45) is 0 Å². The lowest BCUT2D eigenvalue weighted by Gasteiger charge is -2.25. The molecule has 0 saturated carbocycles. The van der Waals surface area contributed by atoms with Gasteiger partial charge in [0.1, 0.15) is 0 Å². The minimum absolute atomic E-state index is 0.107. The van der Waals surface area contributed by atoms with Crippen LogP contribution in [0.3, 0.4) is 0 Å². The van der Waals surface area contributed by atoms with Gasteiger partial charge in [0.2, 0.25) is 0 Å². The van der Waals surface area contributed by atoms with E-state index >= 15 is 0 Å². The van der Waals surface area contributed by atoms with Gasteiger partial charge in [-0.1, -0.05) is 50.0 Å². The normalized spacial score (nSPS) is 14.5. The van der Waals surface area contributed by atoms with Gasteiger partial charge in [0, 0.05) is 29.4 Å². The molecule has 90 valence electrons. The van der Waals surface area contributed by atoms with Crippen LogP contribution in [0.4, 0.5) is 0 Å². The van der Waals surface area contributed by atoms with Crippen molar-refractivity contribution in [3.8, 4) is 0 Å². The van der Waals surface area contributed by atoms with Gasteiger partial charge in [-0.15, -0.1) is 0 Å². The van der Waals surface area contributed by atoms with Crippen LogP contribution in [-0.2, 0) is 4.74 Å². The summed E-state index contributed by atoms with van der Waals surface area (Å²) in [6.45, 7) is 8.04. The highest BCUT2D eigenvalue weighted by atomic mass is 29.2. The molecule has 1 N–H and O–H groups in total. The van der Waals surface area contributed by atoms with E-state index in [0.29, 0.717) is 12.4 Å². The van der Waals surface area contributed by atoms with Crippen LogP contribution < -0.4 is 5.32 Å². The highest BCUT2D eigenvalue weighted by molar-refractivity contribution is 7.23. The highest BCUT2D eigenvalue weighted by Gasteiger charge is 2.21. The minimum atomic E-state index is -0.932. The fourth-order valence-electron chi connectivity index (χ4n) is 1.79. The lowest BCUT2D eigenvalue weighted by Crippen LogP contribution is -2.41. The molecule has 1 unspecified atom stereocenters. The Morgan fingerprint density at radius 3 is 2.38 bits per heavy atom. The summed E-state index contributed by atoms with van der Waals surface area (Å²) in [6, 6.07) is 10.8. The summed E-state index contributed by atoms with van der Waals surface area (Å²) in [5, 5.41) is 3.52. The van der Waals surface area contributed by atoms with Crippen LogP contribution >= 0.6 is 0 Å². The maximum absolute atomic E-state index is 5.13. The first-order valence-corrected chi connectivity index (χ1v) is 12.4. The van der Waals surface area contributed by atoms with Crippen molar-refractivity contribution in [1.82, 2.24) is 5.32 Å². The second-order valence-electron chi connectivity index (χ2n) is 5.37. The Morgan fingerprint density at radius 2 is 1.88 bits per heavy atom. The summed E-state index contributed by atoms with van der Waals surface area (Å²) in [5.74, 6) is 0. The van der Waals surface area contributed by atoms with Crippen LogP contribution in [-0.4, -0.2) is 30.5 Å². The Labute approximate surface area is 102 Å². The molecule has 0 aromatic heterocycles. The van der Waals surface area contributed by atoms with Crippen molar-refractivity contribution in [2.75, 3.05) is 13.8 Å². The van der Waals surface area contributed by atoms with Crippen LogP contribution in [0.5, 0.6) is 0 Å². The lowest BCUT2D eigenvalue weighted by molar-refractivity contribution is 0.172. The fraction of sp³-hybridized carbons (Fsp3) is 0.500. The number of ether oxygens (including phenoxy) is 1. The van der Waals surface area contributed by atoms with Crippen LogP contribution in [0.25, 0.3) is 0 Å². The predicted molar refractivity (Wildman–Crippen MR) is 76.1 cm³/mol. The maximum atomic E-state index is 5.13. The molecule has 16 heavy (non-hydrogen) atoms. The minimum Gasteiger partial charge on any atom is -0.370 e. The van der Waals surface area contributed by atoms with Crippen LogP contribution in [0.15, 0.2) is 30.3 Å². The molecular formula is C12H23NOSi2. The largest absolute Gasteiger partial charge is 0.370 e. The SMILES string of the molecule is COCNC([SiH2][Si](C)(C)C)c1ccccc1. The van der Waals surface area contributed by atoms with Gasteiger partial charge in [0.05, 0.1) is 6.73 Å². The summed E-state index contributed by atoms with van der Waals surface area (Å²) >= 11 is 0. The van der Waals surface area contributed by atoms with Crippen LogP contribution in [0, 0.1) is 0 Å². The van der Waals surface area contributed by atoms with Crippen molar-refractivity contribution in [3.63, 3.8) is 0 Å². The molecule has 1 aromatic rings. The van der Waals surface area contributed by atoms with E-state index in [1.807, 2.05) is 0 Å². The second kappa shape index (κ2) is 6.34. The number of nitrogens with one attached hydrogen (secondary N) is 1. The zero-order valence-corrected chi connectivity index (χ0v) is 13.2. The fourth-order valence-corrected chi connectivity index (χ4v) is 8.60. The van der Waals surface area contributed by atoms with Crippen LogP contribution in [0.1, 0.15) is 11.2 Å². The number of rotatable bonds is 6. The standard InChI is InChI=1S/C12H23NOSi2/c1-14-10-13-12(15-16(2,3)4)11-8-6-5-7-9-11/h5-9,12-13H,10,15H2,1-4H3. The van der Waals surface area contributed by atoms with E-state index in [2.05, 4.69) is 55.3 Å². The Bertz CT molecular complexity index is 298. The quantitative estimate of drug-likeness (QED) is 0.617. The van der Waals surface area contributed by atoms with Gasteiger partial charge in [-0.05, 0) is 5.56 Å². The number of hydrogen-bond acceptors (Lipinski definition) is 2. The number of hydrogen-bond donors (Lipinski definition) is 1. The van der Waals surface area contributed by atoms with Crippen molar-refractivity contribution in [2.45, 2.75) is 25.3 Å². The Balaban J connectivity index is 2.71. The van der Waals surface area contributed by atoms with Gasteiger partial charge in [0.25, 0.3) is 0 Å². The van der Waals surface area contributed by atoms with Crippen molar-refractivity contribution in [3.05, 3.63) is 35.9 Å². The molecule has 0 amide bonds. The monoisotopic (exact) mass is 253 g/mol. The molecule has 1 aromatic carbocycles. The number of benzene rings is 1. The molecule has 1 atom stereocenters. The van der Waals surface area contributed by atoms with E-state index in [1.165, 1.54) is 5.56 Å². The average molecular weight is 253 g/mol. The molecule has 1 rings (SSSR count). The van der Waals surface area contributed by atoms with Gasteiger partial charge in [0.15, 0.2) is 0 Å². The van der Waals surface area contributed by atoms with E-state index in [9.17, 15) is 0 Å². The third kappa shape index (κ3) is 5.07. The third-order valence-corrected chi connectivity index (χ3v) is 9.78. The van der Waals surface area contributed by atoms with E-state index in [-0.39, 0.29) is 9.04 Å². The molecule has 0 radical (unpaired) electrons. The molecule has 0 spiro atoms. The molecule has 0 aliphatic carbocycles. The third-order valence-electron chi connectivity index (χ3n) is 2.49. The van der Waals surface area contributed by atoms with Gasteiger partial charge in [-0.3, -0.25) is 5.32 Å². The number of methoxy groups -OCH3 is 1. The van der Waals surface area contributed by atoms with Crippen LogP contribution in [0.2, 0.25) is 19.6 Å². The molecule has 2 nitrogen and oxygen atoms in total. The predicted octanol–water partition coefficient (Wildman–Crippen LogP) is 1.88. The van der Waals surface area contributed by atoms with E-state index in [0.717, 1.165) is 0 Å². The van der Waals surface area contributed by atoms with Crippen molar-refractivity contribution in [1.29, 1.82) is 0 Å². The molecule has 0 saturated heterocycles. The van der Waals surface area contributed by atoms with Gasteiger partial charge in [-0.2, -0.15) is 0 Å². The highest BCUT2D eigenvalue weighted by Crippen LogP contribution is 2.15. The van der Waals surface area contributed by atoms with E-state index < -0.39 is 7.59 Å².